The average Bonchev–Trinajstić information content (AvgIpc) is 2.71. The van der Waals surface area contributed by atoms with E-state index in [1.807, 2.05) is 0 Å². The predicted molar refractivity (Wildman–Crippen MR) is 74.0 cm³/mol. The zero-order valence-corrected chi connectivity index (χ0v) is 11.3. The SMILES string of the molecule is CN(CC(C)(C)O)c1cc2c(cc1[N+](=O)[O-])C=NC2. The standard InChI is InChI=1S/C13H17N3O3/c1-13(2,17)8-15(3)11-4-9-6-14-7-10(9)5-12(11)16(18)19/h4-5,7,17H,6,8H2,1-3H3. The molecule has 0 aromatic heterocycles. The molecule has 19 heavy (non-hydrogen) atoms. The number of hydrogen-bond donors (Lipinski definition) is 1. The van der Waals surface area contributed by atoms with Gasteiger partial charge >= 0.3 is 0 Å². The summed E-state index contributed by atoms with van der Waals surface area (Å²) in [6.07, 6.45) is 1.65. The van der Waals surface area contributed by atoms with E-state index in [1.165, 1.54) is 0 Å². The first-order valence-electron chi connectivity index (χ1n) is 6.02. The fourth-order valence-electron chi connectivity index (χ4n) is 2.25. The second kappa shape index (κ2) is 4.62. The normalized spacial score (nSPS) is 13.5. The maximum Gasteiger partial charge on any atom is 0.293 e. The molecule has 1 aromatic carbocycles. The van der Waals surface area contributed by atoms with Gasteiger partial charge in [-0.3, -0.25) is 15.1 Å². The van der Waals surface area contributed by atoms with Crippen molar-refractivity contribution < 1.29 is 10.0 Å². The number of aliphatic hydroxyl groups is 1. The van der Waals surface area contributed by atoms with E-state index in [2.05, 4.69) is 4.99 Å². The van der Waals surface area contributed by atoms with Gasteiger partial charge in [-0.2, -0.15) is 0 Å². The van der Waals surface area contributed by atoms with E-state index < -0.39 is 10.5 Å². The summed E-state index contributed by atoms with van der Waals surface area (Å²) in [6, 6.07) is 3.33. The van der Waals surface area contributed by atoms with E-state index in [4.69, 9.17) is 0 Å². The fourth-order valence-corrected chi connectivity index (χ4v) is 2.25. The number of hydrogen-bond acceptors (Lipinski definition) is 5. The van der Waals surface area contributed by atoms with Crippen LogP contribution in [0.4, 0.5) is 11.4 Å². The van der Waals surface area contributed by atoms with Crippen molar-refractivity contribution >= 4 is 17.6 Å². The van der Waals surface area contributed by atoms with Crippen LogP contribution < -0.4 is 4.90 Å². The highest BCUT2D eigenvalue weighted by molar-refractivity contribution is 5.88. The first-order valence-corrected chi connectivity index (χ1v) is 6.02. The summed E-state index contributed by atoms with van der Waals surface area (Å²) in [7, 11) is 1.74. The molecule has 1 aliphatic heterocycles. The Morgan fingerprint density at radius 2 is 2.21 bits per heavy atom. The maximum atomic E-state index is 11.2. The van der Waals surface area contributed by atoms with E-state index >= 15 is 0 Å². The lowest BCUT2D eigenvalue weighted by atomic mass is 10.1. The molecule has 0 aliphatic carbocycles. The monoisotopic (exact) mass is 263 g/mol. The number of rotatable bonds is 4. The molecule has 0 radical (unpaired) electrons. The molecular weight excluding hydrogens is 246 g/mol. The van der Waals surface area contributed by atoms with Gasteiger partial charge in [-0.05, 0) is 25.5 Å². The summed E-state index contributed by atoms with van der Waals surface area (Å²) < 4.78 is 0. The lowest BCUT2D eigenvalue weighted by molar-refractivity contribution is -0.384. The van der Waals surface area contributed by atoms with Crippen LogP contribution in [0.15, 0.2) is 17.1 Å². The summed E-state index contributed by atoms with van der Waals surface area (Å²) in [5.74, 6) is 0. The van der Waals surface area contributed by atoms with Gasteiger partial charge in [0, 0.05) is 31.4 Å². The number of aliphatic imine (C=N–C) groups is 1. The van der Waals surface area contributed by atoms with Crippen molar-refractivity contribution in [1.29, 1.82) is 0 Å². The van der Waals surface area contributed by atoms with Crippen molar-refractivity contribution in [2.75, 3.05) is 18.5 Å². The van der Waals surface area contributed by atoms with Gasteiger partial charge < -0.3 is 10.0 Å². The second-order valence-electron chi connectivity index (χ2n) is 5.44. The third kappa shape index (κ3) is 2.90. The number of likely N-dealkylation sites (N-methyl/N-ethyl adjacent to an activating group) is 1. The minimum Gasteiger partial charge on any atom is -0.389 e. The Hall–Kier alpha value is -1.95. The zero-order valence-electron chi connectivity index (χ0n) is 11.3. The number of nitrogens with zero attached hydrogens (tertiary/aromatic N) is 3. The summed E-state index contributed by atoms with van der Waals surface area (Å²) in [4.78, 5) is 16.6. The highest BCUT2D eigenvalue weighted by Gasteiger charge is 2.24. The molecule has 0 atom stereocenters. The number of fused-ring (bicyclic) bond motifs is 1. The molecular formula is C13H17N3O3. The molecule has 0 bridgehead atoms. The second-order valence-corrected chi connectivity index (χ2v) is 5.44. The van der Waals surface area contributed by atoms with Crippen LogP contribution in [-0.4, -0.2) is 35.4 Å². The van der Waals surface area contributed by atoms with Crippen LogP contribution in [0.3, 0.4) is 0 Å². The Kier molecular flexibility index (Phi) is 3.28. The molecule has 0 fully saturated rings. The number of anilines is 1. The Bertz CT molecular complexity index is 547. The van der Waals surface area contributed by atoms with Crippen LogP contribution in [0.1, 0.15) is 25.0 Å². The van der Waals surface area contributed by atoms with Gasteiger partial charge in [0.1, 0.15) is 5.69 Å². The first-order chi connectivity index (χ1) is 8.78. The van der Waals surface area contributed by atoms with E-state index in [0.29, 0.717) is 18.8 Å². The van der Waals surface area contributed by atoms with E-state index in [-0.39, 0.29) is 5.69 Å². The van der Waals surface area contributed by atoms with Crippen molar-refractivity contribution in [3.05, 3.63) is 33.4 Å². The molecule has 1 aliphatic rings. The van der Waals surface area contributed by atoms with Gasteiger partial charge in [-0.25, -0.2) is 0 Å². The average molecular weight is 263 g/mol. The van der Waals surface area contributed by atoms with Crippen molar-refractivity contribution in [3.63, 3.8) is 0 Å². The van der Waals surface area contributed by atoms with Crippen molar-refractivity contribution in [3.8, 4) is 0 Å². The van der Waals surface area contributed by atoms with E-state index in [1.54, 1.807) is 44.1 Å². The van der Waals surface area contributed by atoms with Crippen LogP contribution in [0, 0.1) is 10.1 Å². The number of nitro benzene ring substituents is 1. The predicted octanol–water partition coefficient (Wildman–Crippen LogP) is 1.73. The number of benzene rings is 1. The van der Waals surface area contributed by atoms with Crippen LogP contribution in [0.25, 0.3) is 0 Å². The molecule has 1 N–H and O–H groups in total. The lowest BCUT2D eigenvalue weighted by Crippen LogP contribution is -2.36. The van der Waals surface area contributed by atoms with Crippen LogP contribution in [-0.2, 0) is 6.54 Å². The van der Waals surface area contributed by atoms with Crippen molar-refractivity contribution in [2.45, 2.75) is 26.0 Å². The van der Waals surface area contributed by atoms with Crippen molar-refractivity contribution in [2.24, 2.45) is 4.99 Å². The lowest BCUT2D eigenvalue weighted by Gasteiger charge is -2.27. The van der Waals surface area contributed by atoms with E-state index in [0.717, 1.165) is 11.1 Å². The summed E-state index contributed by atoms with van der Waals surface area (Å²) in [5, 5.41) is 21.0. The molecule has 1 heterocycles. The fraction of sp³-hybridized carbons (Fsp3) is 0.462. The Morgan fingerprint density at radius 3 is 2.79 bits per heavy atom. The quantitative estimate of drug-likeness (QED) is 0.662. The van der Waals surface area contributed by atoms with Gasteiger partial charge in [0.2, 0.25) is 0 Å². The van der Waals surface area contributed by atoms with Gasteiger partial charge in [-0.15, -0.1) is 0 Å². The van der Waals surface area contributed by atoms with Gasteiger partial charge in [0.15, 0.2) is 0 Å². The minimum atomic E-state index is -0.919. The molecule has 1 aromatic rings. The molecule has 0 unspecified atom stereocenters. The largest absolute Gasteiger partial charge is 0.389 e. The molecule has 0 saturated carbocycles. The third-order valence-corrected chi connectivity index (χ3v) is 2.96. The Labute approximate surface area is 111 Å². The van der Waals surface area contributed by atoms with Crippen LogP contribution >= 0.6 is 0 Å². The minimum absolute atomic E-state index is 0.0406. The molecule has 0 amide bonds. The molecule has 2 rings (SSSR count). The van der Waals surface area contributed by atoms with Gasteiger partial charge in [0.25, 0.3) is 5.69 Å². The Balaban J connectivity index is 2.42. The highest BCUT2D eigenvalue weighted by Crippen LogP contribution is 2.33. The third-order valence-electron chi connectivity index (χ3n) is 2.96. The zero-order chi connectivity index (χ0) is 14.2. The summed E-state index contributed by atoms with van der Waals surface area (Å²) >= 11 is 0. The van der Waals surface area contributed by atoms with Gasteiger partial charge in [-0.1, -0.05) is 0 Å². The molecule has 6 nitrogen and oxygen atoms in total. The summed E-state index contributed by atoms with van der Waals surface area (Å²) in [6.45, 7) is 4.21. The molecule has 6 heteroatoms. The smallest absolute Gasteiger partial charge is 0.293 e. The van der Waals surface area contributed by atoms with Crippen LogP contribution in [0.2, 0.25) is 0 Å². The molecule has 0 spiro atoms. The molecule has 0 saturated heterocycles. The topological polar surface area (TPSA) is 79.0 Å². The van der Waals surface area contributed by atoms with Crippen molar-refractivity contribution in [1.82, 2.24) is 0 Å². The summed E-state index contributed by atoms with van der Waals surface area (Å²) in [5.41, 5.74) is 1.41. The van der Waals surface area contributed by atoms with E-state index in [9.17, 15) is 15.2 Å². The van der Waals surface area contributed by atoms with Gasteiger partial charge in [0.05, 0.1) is 17.1 Å². The maximum absolute atomic E-state index is 11.2. The highest BCUT2D eigenvalue weighted by atomic mass is 16.6. The Morgan fingerprint density at radius 1 is 1.53 bits per heavy atom. The van der Waals surface area contributed by atoms with Crippen LogP contribution in [0.5, 0.6) is 0 Å². The first kappa shape index (κ1) is 13.5. The molecule has 102 valence electrons. The number of nitro groups is 1.